The van der Waals surface area contributed by atoms with E-state index in [4.69, 9.17) is 10.8 Å². The molecule has 1 rings (SSSR count). The molecule has 0 bridgehead atoms. The topological polar surface area (TPSA) is 122 Å². The molecule has 1 heterocycles. The molecule has 0 saturated heterocycles. The summed E-state index contributed by atoms with van der Waals surface area (Å²) in [6.45, 7) is 1.80. The maximum Gasteiger partial charge on any atom is 0.326 e. The molecule has 0 unspecified atom stereocenters. The first-order valence-corrected chi connectivity index (χ1v) is 5.98. The van der Waals surface area contributed by atoms with Crippen molar-refractivity contribution in [3.8, 4) is 0 Å². The van der Waals surface area contributed by atoms with Crippen molar-refractivity contribution in [3.63, 3.8) is 0 Å². The second kappa shape index (κ2) is 6.10. The van der Waals surface area contributed by atoms with E-state index in [1.807, 2.05) is 0 Å². The fourth-order valence-electron chi connectivity index (χ4n) is 1.30. The Kier molecular flexibility index (Phi) is 4.78. The Hall–Kier alpha value is -1.96. The van der Waals surface area contributed by atoms with Gasteiger partial charge in [-0.2, -0.15) is 0 Å². The molecule has 0 aromatic carbocycles. The number of aryl methyl sites for hydroxylation is 1. The maximum atomic E-state index is 11.6. The van der Waals surface area contributed by atoms with Crippen LogP contribution in [0.5, 0.6) is 0 Å². The van der Waals surface area contributed by atoms with Crippen LogP contribution in [0.3, 0.4) is 0 Å². The van der Waals surface area contributed by atoms with E-state index < -0.39 is 30.2 Å². The molecule has 98 valence electrons. The number of carbonyl (C=O) groups is 3. The van der Waals surface area contributed by atoms with Crippen molar-refractivity contribution in [3.05, 3.63) is 16.1 Å². The van der Waals surface area contributed by atoms with Crippen LogP contribution in [-0.4, -0.2) is 33.9 Å². The van der Waals surface area contributed by atoms with Crippen LogP contribution in [0, 0.1) is 6.92 Å². The molecule has 0 aliphatic carbocycles. The molecule has 1 aromatic heterocycles. The summed E-state index contributed by atoms with van der Waals surface area (Å²) in [6.07, 6.45) is -0.454. The molecule has 0 aliphatic rings. The SMILES string of the molecule is Cc1nc(CC(=O)N[C@H](CC(N)=O)C(=O)O)cs1. The smallest absolute Gasteiger partial charge is 0.326 e. The van der Waals surface area contributed by atoms with E-state index in [9.17, 15) is 14.4 Å². The number of nitrogens with zero attached hydrogens (tertiary/aromatic N) is 1. The Labute approximate surface area is 107 Å². The molecule has 1 atom stereocenters. The summed E-state index contributed by atoms with van der Waals surface area (Å²) in [6, 6.07) is -1.30. The lowest BCUT2D eigenvalue weighted by molar-refractivity contribution is -0.143. The first-order valence-electron chi connectivity index (χ1n) is 5.10. The molecule has 0 fully saturated rings. The predicted molar refractivity (Wildman–Crippen MR) is 63.9 cm³/mol. The van der Waals surface area contributed by atoms with Gasteiger partial charge in [0.2, 0.25) is 11.8 Å². The summed E-state index contributed by atoms with van der Waals surface area (Å²) in [5.74, 6) is -2.59. The largest absolute Gasteiger partial charge is 0.480 e. The van der Waals surface area contributed by atoms with E-state index in [0.29, 0.717) is 5.69 Å². The lowest BCUT2D eigenvalue weighted by Crippen LogP contribution is -2.43. The second-order valence-electron chi connectivity index (χ2n) is 3.66. The lowest BCUT2D eigenvalue weighted by Gasteiger charge is -2.11. The zero-order chi connectivity index (χ0) is 13.7. The van der Waals surface area contributed by atoms with Crippen LogP contribution in [0.1, 0.15) is 17.1 Å². The zero-order valence-electron chi connectivity index (χ0n) is 9.67. The zero-order valence-corrected chi connectivity index (χ0v) is 10.5. The van der Waals surface area contributed by atoms with Gasteiger partial charge < -0.3 is 16.2 Å². The van der Waals surface area contributed by atoms with Gasteiger partial charge in [-0.3, -0.25) is 9.59 Å². The quantitative estimate of drug-likeness (QED) is 0.640. The van der Waals surface area contributed by atoms with Crippen LogP contribution in [0.4, 0.5) is 0 Å². The molecule has 0 aliphatic heterocycles. The minimum absolute atomic E-state index is 0.0210. The van der Waals surface area contributed by atoms with Crippen molar-refractivity contribution in [2.24, 2.45) is 5.73 Å². The maximum absolute atomic E-state index is 11.6. The average Bonchev–Trinajstić information content (AvgIpc) is 2.62. The summed E-state index contributed by atoms with van der Waals surface area (Å²) in [4.78, 5) is 37.1. The summed E-state index contributed by atoms with van der Waals surface area (Å²) in [7, 11) is 0. The number of carbonyl (C=O) groups excluding carboxylic acids is 2. The van der Waals surface area contributed by atoms with Gasteiger partial charge in [0, 0.05) is 5.38 Å². The highest BCUT2D eigenvalue weighted by Gasteiger charge is 2.22. The number of carboxylic acid groups (broad SMARTS) is 1. The van der Waals surface area contributed by atoms with E-state index in [1.165, 1.54) is 11.3 Å². The number of aliphatic carboxylic acids is 1. The third-order valence-electron chi connectivity index (χ3n) is 2.05. The Morgan fingerprint density at radius 2 is 2.22 bits per heavy atom. The summed E-state index contributed by atoms with van der Waals surface area (Å²) < 4.78 is 0. The predicted octanol–water partition coefficient (Wildman–Crippen LogP) is -0.561. The van der Waals surface area contributed by atoms with E-state index in [1.54, 1.807) is 12.3 Å². The van der Waals surface area contributed by atoms with E-state index in [2.05, 4.69) is 10.3 Å². The Morgan fingerprint density at radius 1 is 1.56 bits per heavy atom. The first-order chi connectivity index (χ1) is 8.38. The van der Waals surface area contributed by atoms with E-state index >= 15 is 0 Å². The second-order valence-corrected chi connectivity index (χ2v) is 4.73. The van der Waals surface area contributed by atoms with Crippen molar-refractivity contribution in [1.29, 1.82) is 0 Å². The van der Waals surface area contributed by atoms with Crippen LogP contribution in [0.2, 0.25) is 0 Å². The van der Waals surface area contributed by atoms with Gasteiger partial charge in [0.15, 0.2) is 0 Å². The Bertz CT molecular complexity index is 471. The number of hydrogen-bond donors (Lipinski definition) is 3. The van der Waals surface area contributed by atoms with Gasteiger partial charge in [0.05, 0.1) is 23.5 Å². The number of amides is 2. The van der Waals surface area contributed by atoms with Gasteiger partial charge in [-0.15, -0.1) is 11.3 Å². The number of nitrogens with two attached hydrogens (primary N) is 1. The van der Waals surface area contributed by atoms with Gasteiger partial charge in [-0.25, -0.2) is 9.78 Å². The van der Waals surface area contributed by atoms with Crippen molar-refractivity contribution >= 4 is 29.1 Å². The normalized spacial score (nSPS) is 11.8. The number of primary amides is 1. The molecular formula is C10H13N3O4S. The number of nitrogens with one attached hydrogen (secondary N) is 1. The first kappa shape index (κ1) is 14.1. The molecule has 2 amide bonds. The highest BCUT2D eigenvalue weighted by Crippen LogP contribution is 2.08. The molecule has 0 spiro atoms. The Morgan fingerprint density at radius 3 is 2.67 bits per heavy atom. The van der Waals surface area contributed by atoms with Crippen LogP contribution in [0.25, 0.3) is 0 Å². The number of rotatable bonds is 6. The van der Waals surface area contributed by atoms with E-state index in [-0.39, 0.29) is 6.42 Å². The molecule has 7 nitrogen and oxygen atoms in total. The van der Waals surface area contributed by atoms with Crippen LogP contribution < -0.4 is 11.1 Å². The third kappa shape index (κ3) is 4.50. The van der Waals surface area contributed by atoms with Crippen LogP contribution in [0.15, 0.2) is 5.38 Å². The summed E-state index contributed by atoms with van der Waals surface area (Å²) >= 11 is 1.40. The molecule has 1 aromatic rings. The van der Waals surface area contributed by atoms with Gasteiger partial charge >= 0.3 is 5.97 Å². The van der Waals surface area contributed by atoms with Crippen molar-refractivity contribution < 1.29 is 19.5 Å². The van der Waals surface area contributed by atoms with Crippen molar-refractivity contribution in [1.82, 2.24) is 10.3 Å². The number of thiazole rings is 1. The molecular weight excluding hydrogens is 258 g/mol. The standard InChI is InChI=1S/C10H13N3O4S/c1-5-12-6(4-18-5)2-9(15)13-7(10(16)17)3-8(11)14/h4,7H,2-3H2,1H3,(H2,11,14)(H,13,15)(H,16,17)/t7-/m1/s1. The summed E-state index contributed by atoms with van der Waals surface area (Å²) in [5, 5.41) is 13.6. The van der Waals surface area contributed by atoms with Gasteiger partial charge in [0.25, 0.3) is 0 Å². The van der Waals surface area contributed by atoms with Crippen LogP contribution in [-0.2, 0) is 20.8 Å². The highest BCUT2D eigenvalue weighted by atomic mass is 32.1. The fourth-order valence-corrected chi connectivity index (χ4v) is 1.91. The molecule has 4 N–H and O–H groups in total. The Balaban J connectivity index is 2.56. The minimum Gasteiger partial charge on any atom is -0.480 e. The molecule has 0 radical (unpaired) electrons. The van der Waals surface area contributed by atoms with Gasteiger partial charge in [-0.1, -0.05) is 0 Å². The number of carboxylic acids is 1. The molecule has 18 heavy (non-hydrogen) atoms. The van der Waals surface area contributed by atoms with Crippen molar-refractivity contribution in [2.45, 2.75) is 25.8 Å². The average molecular weight is 271 g/mol. The monoisotopic (exact) mass is 271 g/mol. The van der Waals surface area contributed by atoms with Crippen molar-refractivity contribution in [2.75, 3.05) is 0 Å². The number of aromatic nitrogens is 1. The summed E-state index contributed by atoms with van der Waals surface area (Å²) in [5.41, 5.74) is 5.47. The lowest BCUT2D eigenvalue weighted by atomic mass is 10.2. The highest BCUT2D eigenvalue weighted by molar-refractivity contribution is 7.09. The van der Waals surface area contributed by atoms with Gasteiger partial charge in [0.1, 0.15) is 6.04 Å². The molecule has 0 saturated carbocycles. The minimum atomic E-state index is -1.30. The van der Waals surface area contributed by atoms with Gasteiger partial charge in [-0.05, 0) is 6.92 Å². The third-order valence-corrected chi connectivity index (χ3v) is 2.87. The number of hydrogen-bond acceptors (Lipinski definition) is 5. The fraction of sp³-hybridized carbons (Fsp3) is 0.400. The van der Waals surface area contributed by atoms with E-state index in [0.717, 1.165) is 5.01 Å². The molecule has 8 heteroatoms. The van der Waals surface area contributed by atoms with Crippen LogP contribution >= 0.6 is 11.3 Å².